The van der Waals surface area contributed by atoms with Crippen molar-refractivity contribution >= 4 is 0 Å². The normalized spacial score (nSPS) is 39.0. The van der Waals surface area contributed by atoms with Crippen LogP contribution in [0.4, 0.5) is 0 Å². The van der Waals surface area contributed by atoms with Gasteiger partial charge in [-0.15, -0.1) is 0 Å². The molecule has 1 rings (SSSR count). The number of hydrogen-bond acceptors (Lipinski definition) is 8. The van der Waals surface area contributed by atoms with Crippen molar-refractivity contribution in [2.75, 3.05) is 6.61 Å². The topological polar surface area (TPSA) is 143 Å². The molecule has 0 aromatic rings. The fourth-order valence-electron chi connectivity index (χ4n) is 1.98. The molecule has 0 aliphatic carbocycles. The van der Waals surface area contributed by atoms with Crippen molar-refractivity contribution < 1.29 is 35.4 Å². The first-order valence-corrected chi connectivity index (χ1v) is 6.29. The molecule has 0 aromatic heterocycles. The third kappa shape index (κ3) is 4.62. The van der Waals surface area contributed by atoms with E-state index < -0.39 is 49.6 Å². The van der Waals surface area contributed by atoms with Gasteiger partial charge in [0.2, 0.25) is 0 Å². The van der Waals surface area contributed by atoms with E-state index in [1.54, 1.807) is 6.92 Å². The third-order valence-electron chi connectivity index (χ3n) is 3.14. The summed E-state index contributed by atoms with van der Waals surface area (Å²) in [7, 11) is 0. The Morgan fingerprint density at radius 1 is 1.11 bits per heavy atom. The smallest absolute Gasteiger partial charge is 0.173 e. The first kappa shape index (κ1) is 16.7. The van der Waals surface area contributed by atoms with Gasteiger partial charge in [0.05, 0.1) is 18.8 Å². The highest BCUT2D eigenvalue weighted by Crippen LogP contribution is 2.20. The summed E-state index contributed by atoms with van der Waals surface area (Å²) in [5.41, 5.74) is 0. The lowest BCUT2D eigenvalue weighted by atomic mass is 9.97. The molecule has 1 heterocycles. The Hall–Kier alpha value is -0.320. The predicted octanol–water partition coefficient (Wildman–Crippen LogP) is -3.14. The number of hydrogen-bond donors (Lipinski definition) is 7. The van der Waals surface area contributed by atoms with E-state index in [-0.39, 0.29) is 6.42 Å². The zero-order chi connectivity index (χ0) is 14.6. The van der Waals surface area contributed by atoms with E-state index in [1.165, 1.54) is 0 Å². The predicted molar refractivity (Wildman–Crippen MR) is 63.8 cm³/mol. The van der Waals surface area contributed by atoms with Gasteiger partial charge >= 0.3 is 0 Å². The van der Waals surface area contributed by atoms with E-state index in [0.717, 1.165) is 0 Å². The maximum atomic E-state index is 9.81. The number of ether oxygens (including phenoxy) is 1. The first-order chi connectivity index (χ1) is 8.86. The van der Waals surface area contributed by atoms with Gasteiger partial charge in [-0.2, -0.15) is 0 Å². The maximum Gasteiger partial charge on any atom is 0.173 e. The lowest BCUT2D eigenvalue weighted by Gasteiger charge is -2.41. The van der Waals surface area contributed by atoms with Crippen molar-refractivity contribution in [3.05, 3.63) is 0 Å². The second-order valence-electron chi connectivity index (χ2n) is 4.86. The summed E-state index contributed by atoms with van der Waals surface area (Å²) < 4.78 is 4.93. The Morgan fingerprint density at radius 3 is 2.26 bits per heavy atom. The lowest BCUT2D eigenvalue weighted by Crippen LogP contribution is -2.64. The zero-order valence-electron chi connectivity index (χ0n) is 10.8. The summed E-state index contributed by atoms with van der Waals surface area (Å²) in [5.74, 6) is 0. The first-order valence-electron chi connectivity index (χ1n) is 6.29. The molecule has 0 saturated carbocycles. The highest BCUT2D eigenvalue weighted by molar-refractivity contribution is 4.93. The highest BCUT2D eigenvalue weighted by Gasteiger charge is 2.44. The molecule has 1 saturated heterocycles. The molecule has 0 amide bonds. The number of aliphatic hydroxyl groups excluding tert-OH is 6. The van der Waals surface area contributed by atoms with Gasteiger partial charge in [-0.25, -0.2) is 0 Å². The molecule has 1 aliphatic rings. The van der Waals surface area contributed by atoms with Crippen molar-refractivity contribution in [2.24, 2.45) is 0 Å². The van der Waals surface area contributed by atoms with Gasteiger partial charge in [-0.1, -0.05) is 0 Å². The maximum absolute atomic E-state index is 9.81. The molecule has 7 N–H and O–H groups in total. The fraction of sp³-hybridized carbons (Fsp3) is 1.00. The molecule has 0 spiro atoms. The Kier molecular flexibility index (Phi) is 6.57. The van der Waals surface area contributed by atoms with E-state index >= 15 is 0 Å². The van der Waals surface area contributed by atoms with Gasteiger partial charge in [0.1, 0.15) is 24.5 Å². The Morgan fingerprint density at radius 2 is 1.74 bits per heavy atom. The summed E-state index contributed by atoms with van der Waals surface area (Å²) in [6, 6.07) is -1.08. The second-order valence-corrected chi connectivity index (χ2v) is 4.86. The van der Waals surface area contributed by atoms with Crippen LogP contribution in [0, 0.1) is 0 Å². The molecular weight excluding hydrogens is 258 g/mol. The Balaban J connectivity index is 2.52. The number of rotatable bonds is 6. The summed E-state index contributed by atoms with van der Waals surface area (Å²) in [6.07, 6.45) is -6.36. The van der Waals surface area contributed by atoms with Crippen molar-refractivity contribution in [2.45, 2.75) is 62.7 Å². The van der Waals surface area contributed by atoms with Gasteiger partial charge < -0.3 is 35.4 Å². The lowest BCUT2D eigenvalue weighted by molar-refractivity contribution is -0.258. The third-order valence-corrected chi connectivity index (χ3v) is 3.14. The van der Waals surface area contributed by atoms with Gasteiger partial charge in [0.15, 0.2) is 6.29 Å². The van der Waals surface area contributed by atoms with Crippen LogP contribution in [0.15, 0.2) is 0 Å². The van der Waals surface area contributed by atoms with Crippen LogP contribution in [0.5, 0.6) is 0 Å². The Labute approximate surface area is 111 Å². The minimum Gasteiger partial charge on any atom is -0.394 e. The molecule has 0 bridgehead atoms. The van der Waals surface area contributed by atoms with Crippen LogP contribution in [-0.2, 0) is 4.74 Å². The molecule has 8 heteroatoms. The molecule has 1 aliphatic heterocycles. The standard InChI is InChI=1S/C11H23NO7/c1-5(14)2-3-7(15)12-8-10(17)9(16)6(4-13)19-11(8)18/h5-18H,2-4H2,1H3/t5?,6?,7?,8?,9-,10-,11?/m1/s1. The number of aliphatic hydroxyl groups is 6. The fourth-order valence-corrected chi connectivity index (χ4v) is 1.98. The highest BCUT2D eigenvalue weighted by atomic mass is 16.6. The second kappa shape index (κ2) is 7.46. The van der Waals surface area contributed by atoms with Crippen LogP contribution < -0.4 is 5.32 Å². The van der Waals surface area contributed by atoms with Crippen LogP contribution in [-0.4, -0.2) is 80.2 Å². The van der Waals surface area contributed by atoms with Gasteiger partial charge in [0.25, 0.3) is 0 Å². The van der Waals surface area contributed by atoms with E-state index in [4.69, 9.17) is 14.9 Å². The molecule has 0 radical (unpaired) electrons. The SMILES string of the molecule is CC(O)CCC(O)NC1C(O)OC(CO)[C@@H](O)[C@@H]1O. The van der Waals surface area contributed by atoms with Crippen LogP contribution >= 0.6 is 0 Å². The molecular formula is C11H23NO7. The molecule has 0 aromatic carbocycles. The largest absolute Gasteiger partial charge is 0.394 e. The van der Waals surface area contributed by atoms with E-state index in [0.29, 0.717) is 6.42 Å². The Bertz CT molecular complexity index is 265. The molecule has 19 heavy (non-hydrogen) atoms. The quantitative estimate of drug-likeness (QED) is 0.253. The van der Waals surface area contributed by atoms with Crippen LogP contribution in [0.25, 0.3) is 0 Å². The van der Waals surface area contributed by atoms with Crippen LogP contribution in [0.3, 0.4) is 0 Å². The summed E-state index contributed by atoms with van der Waals surface area (Å²) in [6.45, 7) is 1.04. The average molecular weight is 281 g/mol. The van der Waals surface area contributed by atoms with Crippen LogP contribution in [0.2, 0.25) is 0 Å². The monoisotopic (exact) mass is 281 g/mol. The van der Waals surface area contributed by atoms with Crippen molar-refractivity contribution in [3.8, 4) is 0 Å². The van der Waals surface area contributed by atoms with E-state index in [9.17, 15) is 20.4 Å². The number of nitrogens with one attached hydrogen (secondary N) is 1. The minimum absolute atomic E-state index is 0.215. The van der Waals surface area contributed by atoms with Crippen molar-refractivity contribution in [1.29, 1.82) is 0 Å². The molecule has 5 unspecified atom stereocenters. The zero-order valence-corrected chi connectivity index (χ0v) is 10.8. The van der Waals surface area contributed by atoms with Gasteiger partial charge in [-0.05, 0) is 19.8 Å². The summed E-state index contributed by atoms with van der Waals surface area (Å²) >= 11 is 0. The van der Waals surface area contributed by atoms with E-state index in [1.807, 2.05) is 0 Å². The molecule has 8 nitrogen and oxygen atoms in total. The average Bonchev–Trinajstić information content (AvgIpc) is 2.36. The summed E-state index contributed by atoms with van der Waals surface area (Å²) in [4.78, 5) is 0. The van der Waals surface area contributed by atoms with Crippen LogP contribution in [0.1, 0.15) is 19.8 Å². The van der Waals surface area contributed by atoms with Gasteiger partial charge in [0, 0.05) is 0 Å². The van der Waals surface area contributed by atoms with Crippen molar-refractivity contribution in [1.82, 2.24) is 5.32 Å². The minimum atomic E-state index is -1.46. The van der Waals surface area contributed by atoms with Gasteiger partial charge in [-0.3, -0.25) is 5.32 Å². The summed E-state index contributed by atoms with van der Waals surface area (Å²) in [5, 5.41) is 59.3. The molecule has 1 fully saturated rings. The molecule has 7 atom stereocenters. The van der Waals surface area contributed by atoms with Crippen molar-refractivity contribution in [3.63, 3.8) is 0 Å². The molecule has 114 valence electrons. The van der Waals surface area contributed by atoms with E-state index in [2.05, 4.69) is 5.32 Å².